The maximum Gasteiger partial charge on any atom is 0.322 e. The number of hydrogen-bond acceptors (Lipinski definition) is 6. The van der Waals surface area contributed by atoms with E-state index in [0.29, 0.717) is 22.3 Å². The first-order valence-electron chi connectivity index (χ1n) is 5.35. The molecule has 0 atom stereocenters. The van der Waals surface area contributed by atoms with Crippen molar-refractivity contribution in [2.75, 3.05) is 12.4 Å². The van der Waals surface area contributed by atoms with Gasteiger partial charge in [0.25, 0.3) is 5.76 Å². The molecule has 5 nitrogen and oxygen atoms in total. The summed E-state index contributed by atoms with van der Waals surface area (Å²) in [4.78, 5) is 11.9. The fourth-order valence-electron chi connectivity index (χ4n) is 1.37. The number of benzene rings is 1. The number of aromatic nitrogens is 3. The van der Waals surface area contributed by atoms with Gasteiger partial charge in [0, 0.05) is 4.90 Å². The normalized spacial score (nSPS) is 10.7. The quantitative estimate of drug-likeness (QED) is 0.850. The summed E-state index contributed by atoms with van der Waals surface area (Å²) in [6.45, 7) is 0. The van der Waals surface area contributed by atoms with Crippen LogP contribution in [0.5, 0.6) is 6.01 Å². The van der Waals surface area contributed by atoms with Gasteiger partial charge in [0.05, 0.1) is 12.8 Å². The molecule has 0 radical (unpaired) electrons. The zero-order chi connectivity index (χ0) is 14.5. The van der Waals surface area contributed by atoms with Gasteiger partial charge in [-0.15, -0.1) is 0 Å². The summed E-state index contributed by atoms with van der Waals surface area (Å²) >= 11 is 6.14. The second-order valence-corrected chi connectivity index (χ2v) is 4.78. The van der Waals surface area contributed by atoms with E-state index in [4.69, 9.17) is 16.3 Å². The topological polar surface area (TPSA) is 59.9 Å². The van der Waals surface area contributed by atoms with Crippen LogP contribution in [-0.4, -0.2) is 27.8 Å². The SMILES string of the molecule is COc1nc(Cl)nc(Nc2ccccc2SC(F)F)n1. The number of para-hydroxylation sites is 1. The lowest BCUT2D eigenvalue weighted by atomic mass is 10.3. The molecule has 0 aliphatic carbocycles. The summed E-state index contributed by atoms with van der Waals surface area (Å²) in [5.74, 6) is -2.40. The number of methoxy groups -OCH3 is 1. The molecule has 2 aromatic rings. The van der Waals surface area contributed by atoms with E-state index in [2.05, 4.69) is 20.3 Å². The summed E-state index contributed by atoms with van der Waals surface area (Å²) < 4.78 is 29.8. The third-order valence-electron chi connectivity index (χ3n) is 2.12. The highest BCUT2D eigenvalue weighted by molar-refractivity contribution is 7.99. The largest absolute Gasteiger partial charge is 0.467 e. The van der Waals surface area contributed by atoms with Gasteiger partial charge in [-0.3, -0.25) is 0 Å². The van der Waals surface area contributed by atoms with Crippen LogP contribution in [0.4, 0.5) is 20.4 Å². The number of thioether (sulfide) groups is 1. The highest BCUT2D eigenvalue weighted by atomic mass is 35.5. The average Bonchev–Trinajstić information content (AvgIpc) is 2.39. The number of nitrogens with one attached hydrogen (secondary N) is 1. The number of alkyl halides is 2. The summed E-state index contributed by atoms with van der Waals surface area (Å²) in [7, 11) is 1.38. The van der Waals surface area contributed by atoms with Crippen LogP contribution < -0.4 is 10.1 Å². The van der Waals surface area contributed by atoms with Gasteiger partial charge >= 0.3 is 6.01 Å². The van der Waals surface area contributed by atoms with Gasteiger partial charge in [0.2, 0.25) is 11.2 Å². The molecule has 106 valence electrons. The molecule has 0 aliphatic heterocycles. The number of halogens is 3. The molecule has 0 bridgehead atoms. The minimum atomic E-state index is -2.52. The molecule has 1 heterocycles. The molecule has 0 saturated heterocycles. The van der Waals surface area contributed by atoms with Gasteiger partial charge in [-0.25, -0.2) is 0 Å². The van der Waals surface area contributed by atoms with Crippen molar-refractivity contribution in [1.29, 1.82) is 0 Å². The number of anilines is 2. The molecule has 1 aromatic heterocycles. The molecule has 0 saturated carbocycles. The van der Waals surface area contributed by atoms with Crippen LogP contribution in [0.1, 0.15) is 0 Å². The Hall–Kier alpha value is -1.67. The van der Waals surface area contributed by atoms with Crippen LogP contribution >= 0.6 is 23.4 Å². The van der Waals surface area contributed by atoms with Crippen molar-refractivity contribution in [3.63, 3.8) is 0 Å². The van der Waals surface area contributed by atoms with Crippen molar-refractivity contribution in [3.05, 3.63) is 29.5 Å². The van der Waals surface area contributed by atoms with Crippen molar-refractivity contribution in [2.24, 2.45) is 0 Å². The smallest absolute Gasteiger partial charge is 0.322 e. The molecule has 0 fully saturated rings. The van der Waals surface area contributed by atoms with Crippen LogP contribution in [-0.2, 0) is 0 Å². The molecule has 2 rings (SSSR count). The fourth-order valence-corrected chi connectivity index (χ4v) is 2.12. The molecule has 9 heteroatoms. The summed E-state index contributed by atoms with van der Waals surface area (Å²) in [6.07, 6.45) is 0. The van der Waals surface area contributed by atoms with E-state index in [1.165, 1.54) is 7.11 Å². The van der Waals surface area contributed by atoms with Crippen molar-refractivity contribution in [3.8, 4) is 6.01 Å². The molecule has 20 heavy (non-hydrogen) atoms. The van der Waals surface area contributed by atoms with Crippen LogP contribution in [0, 0.1) is 0 Å². The lowest BCUT2D eigenvalue weighted by molar-refractivity contribution is 0.252. The molecular weight excluding hydrogens is 310 g/mol. The Labute approximate surface area is 122 Å². The lowest BCUT2D eigenvalue weighted by Gasteiger charge is -2.10. The maximum atomic E-state index is 12.5. The first-order valence-corrected chi connectivity index (χ1v) is 6.60. The predicted octanol–water partition coefficient (Wildman–Crippen LogP) is 3.59. The Kier molecular flexibility index (Phi) is 4.91. The Morgan fingerprint density at radius 2 is 2.00 bits per heavy atom. The molecule has 0 amide bonds. The summed E-state index contributed by atoms with van der Waals surface area (Å²) in [5, 5.41) is 2.76. The van der Waals surface area contributed by atoms with Crippen LogP contribution in [0.3, 0.4) is 0 Å². The Morgan fingerprint density at radius 3 is 2.70 bits per heavy atom. The fraction of sp³-hybridized carbons (Fsp3) is 0.182. The Bertz CT molecular complexity index is 602. The van der Waals surface area contributed by atoms with E-state index < -0.39 is 5.76 Å². The standard InChI is InChI=1S/C11H9ClF2N4OS/c1-19-11-17-8(12)16-10(18-11)15-6-4-2-3-5-7(6)20-9(13)14/h2-5,9H,1H3,(H,15,16,17,18). The van der Waals surface area contributed by atoms with Gasteiger partial charge in [0.1, 0.15) is 0 Å². The first kappa shape index (κ1) is 14.7. The minimum Gasteiger partial charge on any atom is -0.467 e. The zero-order valence-corrected chi connectivity index (χ0v) is 11.8. The average molecular weight is 319 g/mol. The lowest BCUT2D eigenvalue weighted by Crippen LogP contribution is -2.02. The molecule has 0 unspecified atom stereocenters. The molecule has 1 N–H and O–H groups in total. The Balaban J connectivity index is 2.27. The third kappa shape index (κ3) is 3.91. The number of rotatable bonds is 5. The highest BCUT2D eigenvalue weighted by Gasteiger charge is 2.11. The van der Waals surface area contributed by atoms with Gasteiger partial charge in [0.15, 0.2) is 0 Å². The second kappa shape index (κ2) is 6.67. The van der Waals surface area contributed by atoms with E-state index in [-0.39, 0.29) is 17.2 Å². The van der Waals surface area contributed by atoms with Crippen molar-refractivity contribution in [2.45, 2.75) is 10.7 Å². The van der Waals surface area contributed by atoms with Crippen molar-refractivity contribution < 1.29 is 13.5 Å². The van der Waals surface area contributed by atoms with E-state index in [1.54, 1.807) is 24.3 Å². The Morgan fingerprint density at radius 1 is 1.25 bits per heavy atom. The van der Waals surface area contributed by atoms with Crippen LogP contribution in [0.15, 0.2) is 29.2 Å². The summed E-state index contributed by atoms with van der Waals surface area (Å²) in [6, 6.07) is 6.61. The van der Waals surface area contributed by atoms with Gasteiger partial charge in [-0.2, -0.15) is 23.7 Å². The maximum absolute atomic E-state index is 12.5. The van der Waals surface area contributed by atoms with E-state index >= 15 is 0 Å². The van der Waals surface area contributed by atoms with E-state index in [1.807, 2.05) is 0 Å². The number of hydrogen-bond donors (Lipinski definition) is 1. The highest BCUT2D eigenvalue weighted by Crippen LogP contribution is 2.32. The van der Waals surface area contributed by atoms with Crippen LogP contribution in [0.25, 0.3) is 0 Å². The monoisotopic (exact) mass is 318 g/mol. The van der Waals surface area contributed by atoms with Crippen LogP contribution in [0.2, 0.25) is 5.28 Å². The minimum absolute atomic E-state index is 0.0338. The number of nitrogens with zero attached hydrogens (tertiary/aromatic N) is 3. The molecule has 0 aliphatic rings. The molecule has 0 spiro atoms. The van der Waals surface area contributed by atoms with Gasteiger partial charge in [-0.1, -0.05) is 23.9 Å². The second-order valence-electron chi connectivity index (χ2n) is 3.41. The number of ether oxygens (including phenoxy) is 1. The predicted molar refractivity (Wildman–Crippen MR) is 73.0 cm³/mol. The van der Waals surface area contributed by atoms with Crippen molar-refractivity contribution >= 4 is 35.0 Å². The van der Waals surface area contributed by atoms with Gasteiger partial charge < -0.3 is 10.1 Å². The zero-order valence-electron chi connectivity index (χ0n) is 10.2. The third-order valence-corrected chi connectivity index (χ3v) is 3.08. The van der Waals surface area contributed by atoms with Gasteiger partial charge in [-0.05, 0) is 23.7 Å². The van der Waals surface area contributed by atoms with Crippen molar-refractivity contribution in [1.82, 2.24) is 15.0 Å². The molecule has 1 aromatic carbocycles. The van der Waals surface area contributed by atoms with E-state index in [0.717, 1.165) is 0 Å². The first-order chi connectivity index (χ1) is 9.58. The van der Waals surface area contributed by atoms with E-state index in [9.17, 15) is 8.78 Å². The summed E-state index contributed by atoms with van der Waals surface area (Å²) in [5.41, 5.74) is 0.446. The molecular formula is C11H9ClF2N4OS.